The minimum Gasteiger partial charge on any atom is -0.379 e. The molecule has 5 aromatic rings. The fourth-order valence-electron chi connectivity index (χ4n) is 9.15. The molecule has 5 heterocycles. The Hall–Kier alpha value is -6.59. The zero-order chi connectivity index (χ0) is 51.4. The third-order valence-corrected chi connectivity index (χ3v) is 14.4. The van der Waals surface area contributed by atoms with Crippen molar-refractivity contribution < 1.29 is 55.9 Å². The standard InChI is InChI=1S/C51H58F3N9O9S/c1-2-69-27-28-71-30-29-70-26-25-63(47(68)46(67)61-21-17-35(18-22-61)34-11-13-39(14-12-34)56-40-15-16-42(64)58-45(40)66)62-23-19-50(20-24-62,49-57-41(32-73-49)36-7-4-3-5-8-36)33-55-44(65)38-10-6-9-37(31-38)43-59-48(72-60-43)51(52,53)54/h3-14,31-32,35,40,56H,2,15-30,33H2,1H3,(H,55,65)(H,58,64,66). The van der Waals surface area contributed by atoms with Crippen LogP contribution in [0.25, 0.3) is 22.6 Å². The molecule has 5 amide bonds. The van der Waals surface area contributed by atoms with Crippen LogP contribution in [0.15, 0.2) is 88.8 Å². The lowest BCUT2D eigenvalue weighted by atomic mass is 9.79. The average molecular weight is 1030 g/mol. The number of ether oxygens (including phenoxy) is 3. The van der Waals surface area contributed by atoms with Crippen molar-refractivity contribution in [1.82, 2.24) is 40.7 Å². The zero-order valence-electron chi connectivity index (χ0n) is 40.4. The molecule has 3 fully saturated rings. The molecule has 0 spiro atoms. The van der Waals surface area contributed by atoms with Gasteiger partial charge in [-0.05, 0) is 74.8 Å². The van der Waals surface area contributed by atoms with Crippen molar-refractivity contribution in [2.75, 3.05) is 84.2 Å². The number of piperidine rings is 3. The maximum absolute atomic E-state index is 14.5. The molecule has 3 N–H and O–H groups in total. The van der Waals surface area contributed by atoms with Gasteiger partial charge in [0.05, 0.1) is 45.3 Å². The Morgan fingerprint density at radius 2 is 1.56 bits per heavy atom. The molecule has 22 heteroatoms. The summed E-state index contributed by atoms with van der Waals surface area (Å²) >= 11 is 1.47. The number of nitrogens with one attached hydrogen (secondary N) is 3. The quantitative estimate of drug-likeness (QED) is 0.0459. The Bertz CT molecular complexity index is 2670. The second-order valence-corrected chi connectivity index (χ2v) is 18.9. The highest BCUT2D eigenvalue weighted by Crippen LogP contribution is 2.39. The molecule has 0 saturated carbocycles. The molecule has 73 heavy (non-hydrogen) atoms. The minimum absolute atomic E-state index is 0.0967. The summed E-state index contributed by atoms with van der Waals surface area (Å²) < 4.78 is 60.9. The van der Waals surface area contributed by atoms with Crippen molar-refractivity contribution in [3.05, 3.63) is 106 Å². The first kappa shape index (κ1) is 52.7. The Morgan fingerprint density at radius 1 is 0.863 bits per heavy atom. The number of aromatic nitrogens is 3. The van der Waals surface area contributed by atoms with Crippen LogP contribution in [0.4, 0.5) is 18.9 Å². The summed E-state index contributed by atoms with van der Waals surface area (Å²) in [7, 11) is 0. The number of halogens is 3. The lowest BCUT2D eigenvalue weighted by Crippen LogP contribution is -2.59. The SMILES string of the molecule is CCOCCOCCOCCN(C(=O)C(=O)N1CCC(c2ccc(NC3CCC(=O)NC3=O)cc2)CC1)N1CCC(CNC(=O)c2cccc(-c3noc(C(F)(F)F)n3)c2)(c2nc(-c3ccccc3)cs2)CC1. The first-order valence-electron chi connectivity index (χ1n) is 24.4. The number of rotatable bonds is 20. The molecule has 18 nitrogen and oxygen atoms in total. The van der Waals surface area contributed by atoms with Crippen LogP contribution in [0.3, 0.4) is 0 Å². The summed E-state index contributed by atoms with van der Waals surface area (Å²) in [6.07, 6.45) is -2.00. The molecule has 8 rings (SSSR count). The van der Waals surface area contributed by atoms with Crippen LogP contribution in [0.2, 0.25) is 0 Å². The Labute approximate surface area is 423 Å². The van der Waals surface area contributed by atoms with Crippen LogP contribution in [-0.4, -0.2) is 145 Å². The van der Waals surface area contributed by atoms with Crippen LogP contribution in [0.5, 0.6) is 0 Å². The predicted molar refractivity (Wildman–Crippen MR) is 262 cm³/mol. The van der Waals surface area contributed by atoms with Crippen LogP contribution < -0.4 is 16.0 Å². The predicted octanol–water partition coefficient (Wildman–Crippen LogP) is 6.08. The van der Waals surface area contributed by atoms with E-state index in [-0.39, 0.29) is 67.4 Å². The molecule has 388 valence electrons. The highest BCUT2D eigenvalue weighted by atomic mass is 32.1. The number of alkyl halides is 3. The highest BCUT2D eigenvalue weighted by molar-refractivity contribution is 7.10. The van der Waals surface area contributed by atoms with Gasteiger partial charge in [0.1, 0.15) is 11.0 Å². The molecule has 3 aliphatic heterocycles. The highest BCUT2D eigenvalue weighted by Gasteiger charge is 2.43. The van der Waals surface area contributed by atoms with Gasteiger partial charge in [0.2, 0.25) is 17.6 Å². The van der Waals surface area contributed by atoms with Crippen LogP contribution >= 0.6 is 11.3 Å². The van der Waals surface area contributed by atoms with E-state index in [1.807, 2.05) is 71.9 Å². The van der Waals surface area contributed by atoms with Crippen molar-refractivity contribution in [3.63, 3.8) is 0 Å². The number of carbonyl (C=O) groups is 5. The van der Waals surface area contributed by atoms with E-state index in [2.05, 4.69) is 30.6 Å². The number of hydrogen-bond donors (Lipinski definition) is 3. The zero-order valence-corrected chi connectivity index (χ0v) is 41.2. The normalized spacial score (nSPS) is 17.5. The number of thiazole rings is 1. The minimum atomic E-state index is -4.83. The smallest absolute Gasteiger partial charge is 0.379 e. The average Bonchev–Trinajstić information content (AvgIpc) is 4.13. The summed E-state index contributed by atoms with van der Waals surface area (Å²) in [6.45, 7) is 5.73. The molecule has 0 aliphatic carbocycles. The molecule has 1 atom stereocenters. The lowest BCUT2D eigenvalue weighted by Gasteiger charge is -2.45. The van der Waals surface area contributed by atoms with E-state index < -0.39 is 41.2 Å². The molecule has 0 bridgehead atoms. The van der Waals surface area contributed by atoms with Gasteiger partial charge < -0.3 is 34.3 Å². The third kappa shape index (κ3) is 13.5. The molecule has 3 aliphatic rings. The summed E-state index contributed by atoms with van der Waals surface area (Å²) in [5.74, 6) is -4.06. The monoisotopic (exact) mass is 1030 g/mol. The van der Waals surface area contributed by atoms with Gasteiger partial charge in [-0.1, -0.05) is 59.8 Å². The Morgan fingerprint density at radius 3 is 2.25 bits per heavy atom. The van der Waals surface area contributed by atoms with Gasteiger partial charge in [-0.3, -0.25) is 34.3 Å². The van der Waals surface area contributed by atoms with Crippen molar-refractivity contribution in [2.24, 2.45) is 0 Å². The molecule has 0 radical (unpaired) electrons. The maximum Gasteiger partial charge on any atom is 0.471 e. The lowest BCUT2D eigenvalue weighted by molar-refractivity contribution is -0.167. The van der Waals surface area contributed by atoms with Gasteiger partial charge in [-0.2, -0.15) is 18.2 Å². The summed E-state index contributed by atoms with van der Waals surface area (Å²) in [4.78, 5) is 76.5. The van der Waals surface area contributed by atoms with Gasteiger partial charge in [-0.15, -0.1) is 11.3 Å². The summed E-state index contributed by atoms with van der Waals surface area (Å²) in [6, 6.07) is 22.9. The Balaban J connectivity index is 0.942. The number of benzene rings is 3. The van der Waals surface area contributed by atoms with E-state index in [1.165, 1.54) is 40.6 Å². The second kappa shape index (κ2) is 24.4. The number of amides is 5. The maximum atomic E-state index is 14.5. The van der Waals surface area contributed by atoms with E-state index in [9.17, 15) is 37.1 Å². The topological polar surface area (TPSA) is 211 Å². The Kier molecular flexibility index (Phi) is 17.6. The molecule has 3 aromatic carbocycles. The number of hydrogen-bond acceptors (Lipinski definition) is 15. The second-order valence-electron chi connectivity index (χ2n) is 18.0. The number of anilines is 1. The van der Waals surface area contributed by atoms with Gasteiger partial charge >= 0.3 is 23.9 Å². The van der Waals surface area contributed by atoms with E-state index in [1.54, 1.807) is 4.90 Å². The van der Waals surface area contributed by atoms with E-state index in [4.69, 9.17) is 19.2 Å². The van der Waals surface area contributed by atoms with Crippen LogP contribution in [0.1, 0.15) is 78.2 Å². The van der Waals surface area contributed by atoms with Crippen molar-refractivity contribution in [1.29, 1.82) is 0 Å². The third-order valence-electron chi connectivity index (χ3n) is 13.3. The van der Waals surface area contributed by atoms with Crippen LogP contribution in [0, 0.1) is 0 Å². The number of nitrogens with zero attached hydrogens (tertiary/aromatic N) is 6. The largest absolute Gasteiger partial charge is 0.471 e. The van der Waals surface area contributed by atoms with Crippen molar-refractivity contribution in [2.45, 2.75) is 69.0 Å². The molecular weight excluding hydrogens is 972 g/mol. The fraction of sp³-hybridized carbons (Fsp3) is 0.451. The fourth-order valence-corrected chi connectivity index (χ4v) is 10.2. The number of likely N-dealkylation sites (tertiary alicyclic amines) is 1. The van der Waals surface area contributed by atoms with E-state index in [0.29, 0.717) is 84.7 Å². The van der Waals surface area contributed by atoms with E-state index in [0.717, 1.165) is 27.5 Å². The number of imide groups is 1. The molecule has 2 aromatic heterocycles. The summed E-state index contributed by atoms with van der Waals surface area (Å²) in [5, 5.41) is 18.2. The van der Waals surface area contributed by atoms with Gasteiger partial charge in [0, 0.05) is 78.9 Å². The van der Waals surface area contributed by atoms with E-state index >= 15 is 0 Å². The van der Waals surface area contributed by atoms with Gasteiger partial charge in [0.15, 0.2) is 0 Å². The van der Waals surface area contributed by atoms with Gasteiger partial charge in [0.25, 0.3) is 5.91 Å². The summed E-state index contributed by atoms with van der Waals surface area (Å²) in [5.41, 5.74) is 3.15. The van der Waals surface area contributed by atoms with Crippen molar-refractivity contribution >= 4 is 46.6 Å². The molecular formula is C51H58F3N9O9S. The number of carbonyl (C=O) groups excluding carboxylic acids is 5. The first-order chi connectivity index (χ1) is 35.3. The van der Waals surface area contributed by atoms with Gasteiger partial charge in [-0.25, -0.2) is 9.99 Å². The molecule has 3 saturated heterocycles. The molecule has 1 unspecified atom stereocenters. The van der Waals surface area contributed by atoms with Crippen molar-refractivity contribution in [3.8, 4) is 22.6 Å². The number of hydrazine groups is 1. The van der Waals surface area contributed by atoms with Crippen LogP contribution in [-0.2, 0) is 45.0 Å². The first-order valence-corrected chi connectivity index (χ1v) is 25.3.